The van der Waals surface area contributed by atoms with Crippen molar-refractivity contribution in [2.24, 2.45) is 0 Å². The average Bonchev–Trinajstić information content (AvgIpc) is 2.68. The molecule has 0 spiro atoms. The van der Waals surface area contributed by atoms with E-state index >= 15 is 0 Å². The normalized spacial score (nSPS) is 10.0. The third-order valence-electron chi connectivity index (χ3n) is 3.47. The van der Waals surface area contributed by atoms with Crippen molar-refractivity contribution < 1.29 is 19.1 Å². The number of esters is 1. The summed E-state index contributed by atoms with van der Waals surface area (Å²) in [5.41, 5.74) is 0.894. The number of carbonyl (C=O) groups is 2. The number of benzene rings is 3. The van der Waals surface area contributed by atoms with Gasteiger partial charge in [0.15, 0.2) is 6.61 Å². The maximum atomic E-state index is 12.3. The number of para-hydroxylation sites is 3. The highest BCUT2D eigenvalue weighted by atomic mass is 16.5. The zero-order valence-corrected chi connectivity index (χ0v) is 13.9. The molecule has 0 aliphatic carbocycles. The van der Waals surface area contributed by atoms with Gasteiger partial charge in [0.2, 0.25) is 0 Å². The van der Waals surface area contributed by atoms with Gasteiger partial charge in [-0.25, -0.2) is 4.79 Å². The van der Waals surface area contributed by atoms with Crippen molar-refractivity contribution >= 4 is 17.6 Å². The van der Waals surface area contributed by atoms with Crippen LogP contribution in [0.15, 0.2) is 84.9 Å². The van der Waals surface area contributed by atoms with Gasteiger partial charge in [-0.3, -0.25) is 4.79 Å². The topological polar surface area (TPSA) is 64.6 Å². The zero-order chi connectivity index (χ0) is 18.2. The van der Waals surface area contributed by atoms with Crippen LogP contribution in [0.5, 0.6) is 11.5 Å². The molecule has 0 radical (unpaired) electrons. The van der Waals surface area contributed by atoms with E-state index in [1.54, 1.807) is 60.7 Å². The van der Waals surface area contributed by atoms with Crippen LogP contribution in [0.3, 0.4) is 0 Å². The molecule has 0 bridgehead atoms. The first-order valence-electron chi connectivity index (χ1n) is 8.06. The van der Waals surface area contributed by atoms with Crippen molar-refractivity contribution in [2.45, 2.75) is 0 Å². The van der Waals surface area contributed by atoms with Crippen LogP contribution in [-0.2, 0) is 9.53 Å². The predicted molar refractivity (Wildman–Crippen MR) is 98.3 cm³/mol. The van der Waals surface area contributed by atoms with Crippen molar-refractivity contribution in [1.29, 1.82) is 0 Å². The molecule has 130 valence electrons. The van der Waals surface area contributed by atoms with Crippen LogP contribution in [0, 0.1) is 0 Å². The Morgan fingerprint density at radius 3 is 2.12 bits per heavy atom. The van der Waals surface area contributed by atoms with Gasteiger partial charge < -0.3 is 14.8 Å². The van der Waals surface area contributed by atoms with E-state index in [0.717, 1.165) is 0 Å². The van der Waals surface area contributed by atoms with Gasteiger partial charge in [-0.05, 0) is 36.4 Å². The summed E-state index contributed by atoms with van der Waals surface area (Å²) in [5, 5.41) is 2.66. The fourth-order valence-corrected chi connectivity index (χ4v) is 2.27. The summed E-state index contributed by atoms with van der Waals surface area (Å²) in [6, 6.07) is 24.8. The van der Waals surface area contributed by atoms with Gasteiger partial charge in [0.1, 0.15) is 17.1 Å². The van der Waals surface area contributed by atoms with Crippen LogP contribution in [0.2, 0.25) is 0 Å². The monoisotopic (exact) mass is 347 g/mol. The summed E-state index contributed by atoms with van der Waals surface area (Å²) < 4.78 is 10.8. The lowest BCUT2D eigenvalue weighted by Gasteiger charge is -2.11. The third kappa shape index (κ3) is 4.70. The molecule has 0 aromatic heterocycles. The number of rotatable bonds is 6. The Balaban J connectivity index is 1.62. The first-order valence-corrected chi connectivity index (χ1v) is 8.06. The van der Waals surface area contributed by atoms with Crippen LogP contribution in [-0.4, -0.2) is 18.5 Å². The van der Waals surface area contributed by atoms with E-state index in [4.69, 9.17) is 9.47 Å². The molecule has 1 N–H and O–H groups in total. The number of hydrogen-bond acceptors (Lipinski definition) is 4. The van der Waals surface area contributed by atoms with Crippen LogP contribution >= 0.6 is 0 Å². The molecule has 0 heterocycles. The van der Waals surface area contributed by atoms with Crippen molar-refractivity contribution in [3.63, 3.8) is 0 Å². The molecular weight excluding hydrogens is 330 g/mol. The second-order valence-corrected chi connectivity index (χ2v) is 5.40. The highest BCUT2D eigenvalue weighted by molar-refractivity contribution is 5.96. The fourth-order valence-electron chi connectivity index (χ4n) is 2.27. The Hall–Kier alpha value is -3.60. The molecule has 3 aromatic carbocycles. The molecule has 3 rings (SSSR count). The van der Waals surface area contributed by atoms with Crippen LogP contribution < -0.4 is 10.1 Å². The largest absolute Gasteiger partial charge is 0.456 e. The van der Waals surface area contributed by atoms with Gasteiger partial charge in [0.25, 0.3) is 5.91 Å². The molecule has 0 atom stereocenters. The van der Waals surface area contributed by atoms with Crippen LogP contribution in [0.25, 0.3) is 0 Å². The third-order valence-corrected chi connectivity index (χ3v) is 3.47. The van der Waals surface area contributed by atoms with Gasteiger partial charge in [0.05, 0.1) is 0 Å². The number of hydrogen-bond donors (Lipinski definition) is 1. The Kier molecular flexibility index (Phi) is 5.62. The second-order valence-electron chi connectivity index (χ2n) is 5.40. The zero-order valence-electron chi connectivity index (χ0n) is 13.9. The summed E-state index contributed by atoms with van der Waals surface area (Å²) in [4.78, 5) is 24.2. The molecule has 5 heteroatoms. The molecule has 0 aliphatic heterocycles. The summed E-state index contributed by atoms with van der Waals surface area (Å²) >= 11 is 0. The van der Waals surface area contributed by atoms with E-state index in [9.17, 15) is 9.59 Å². The van der Waals surface area contributed by atoms with E-state index < -0.39 is 11.9 Å². The minimum absolute atomic E-state index is 0.254. The van der Waals surface area contributed by atoms with E-state index in [1.807, 2.05) is 24.3 Å². The van der Waals surface area contributed by atoms with Gasteiger partial charge in [-0.1, -0.05) is 48.5 Å². The standard InChI is InChI=1S/C21H17NO4/c23-20(22-16-9-3-1-4-10-16)15-25-21(24)18-13-7-8-14-19(18)26-17-11-5-2-6-12-17/h1-14H,15H2,(H,22,23). The summed E-state index contributed by atoms with van der Waals surface area (Å²) in [6.45, 7) is -0.382. The van der Waals surface area contributed by atoms with E-state index in [1.165, 1.54) is 0 Å². The molecule has 0 unspecified atom stereocenters. The molecule has 3 aromatic rings. The van der Waals surface area contributed by atoms with Crippen molar-refractivity contribution in [2.75, 3.05) is 11.9 Å². The Morgan fingerprint density at radius 2 is 1.38 bits per heavy atom. The lowest BCUT2D eigenvalue weighted by molar-refractivity contribution is -0.119. The molecular formula is C21H17NO4. The number of carbonyl (C=O) groups excluding carboxylic acids is 2. The minimum atomic E-state index is -0.625. The number of amides is 1. The second kappa shape index (κ2) is 8.48. The lowest BCUT2D eigenvalue weighted by atomic mass is 10.2. The van der Waals surface area contributed by atoms with Crippen molar-refractivity contribution in [1.82, 2.24) is 0 Å². The minimum Gasteiger partial charge on any atom is -0.456 e. The quantitative estimate of drug-likeness (QED) is 0.676. The molecule has 5 nitrogen and oxygen atoms in total. The molecule has 0 aliphatic rings. The molecule has 0 fully saturated rings. The molecule has 0 saturated carbocycles. The molecule has 1 amide bonds. The van der Waals surface area contributed by atoms with Gasteiger partial charge in [0, 0.05) is 5.69 Å². The number of nitrogens with one attached hydrogen (secondary N) is 1. The van der Waals surface area contributed by atoms with Gasteiger partial charge in [-0.2, -0.15) is 0 Å². The van der Waals surface area contributed by atoms with E-state index in [2.05, 4.69) is 5.32 Å². The average molecular weight is 347 g/mol. The van der Waals surface area contributed by atoms with E-state index in [-0.39, 0.29) is 12.2 Å². The Labute approximate surface area is 151 Å². The molecule has 0 saturated heterocycles. The Bertz CT molecular complexity index is 879. The summed E-state index contributed by atoms with van der Waals surface area (Å²) in [7, 11) is 0. The SMILES string of the molecule is O=C(COC(=O)c1ccccc1Oc1ccccc1)Nc1ccccc1. The summed E-state index contributed by atoms with van der Waals surface area (Å²) in [6.07, 6.45) is 0. The van der Waals surface area contributed by atoms with Crippen LogP contribution in [0.4, 0.5) is 5.69 Å². The molecule has 26 heavy (non-hydrogen) atoms. The maximum absolute atomic E-state index is 12.3. The first-order chi connectivity index (χ1) is 12.7. The smallest absolute Gasteiger partial charge is 0.342 e. The van der Waals surface area contributed by atoms with Crippen molar-refractivity contribution in [3.05, 3.63) is 90.5 Å². The van der Waals surface area contributed by atoms with Crippen molar-refractivity contribution in [3.8, 4) is 11.5 Å². The highest BCUT2D eigenvalue weighted by Gasteiger charge is 2.16. The highest BCUT2D eigenvalue weighted by Crippen LogP contribution is 2.25. The maximum Gasteiger partial charge on any atom is 0.342 e. The lowest BCUT2D eigenvalue weighted by Crippen LogP contribution is -2.21. The van der Waals surface area contributed by atoms with E-state index in [0.29, 0.717) is 17.2 Å². The van der Waals surface area contributed by atoms with Gasteiger partial charge in [-0.15, -0.1) is 0 Å². The fraction of sp³-hybridized carbons (Fsp3) is 0.0476. The van der Waals surface area contributed by atoms with Crippen LogP contribution in [0.1, 0.15) is 10.4 Å². The number of ether oxygens (including phenoxy) is 2. The van der Waals surface area contributed by atoms with Gasteiger partial charge >= 0.3 is 5.97 Å². The number of anilines is 1. The Morgan fingerprint density at radius 1 is 0.769 bits per heavy atom. The summed E-state index contributed by atoms with van der Waals surface area (Å²) in [5.74, 6) is -0.0625. The first kappa shape index (κ1) is 17.2. The predicted octanol–water partition coefficient (Wildman–Crippen LogP) is 4.27.